The van der Waals surface area contributed by atoms with Gasteiger partial charge in [-0.15, -0.1) is 0 Å². The molecule has 0 aliphatic heterocycles. The summed E-state index contributed by atoms with van der Waals surface area (Å²) in [6.45, 7) is 2.21. The average molecular weight is 279 g/mol. The van der Waals surface area contributed by atoms with Gasteiger partial charge in [-0.3, -0.25) is 0 Å². The van der Waals surface area contributed by atoms with Crippen LogP contribution in [0.15, 0.2) is 65.8 Å². The van der Waals surface area contributed by atoms with Crippen molar-refractivity contribution in [3.05, 3.63) is 71.8 Å². The lowest BCUT2D eigenvalue weighted by molar-refractivity contribution is 0.0509. The number of carbonyl (C=O) groups excluding carboxylic acids is 1. The maximum Gasteiger partial charge on any atom is 0.365 e. The van der Waals surface area contributed by atoms with Crippen molar-refractivity contribution in [2.45, 2.75) is 25.2 Å². The van der Waals surface area contributed by atoms with Gasteiger partial charge in [-0.05, 0) is 30.5 Å². The van der Waals surface area contributed by atoms with Crippen LogP contribution < -0.4 is 0 Å². The first kappa shape index (κ1) is 13.6. The summed E-state index contributed by atoms with van der Waals surface area (Å²) >= 11 is 0. The van der Waals surface area contributed by atoms with Crippen LogP contribution in [0.1, 0.15) is 35.7 Å². The van der Waals surface area contributed by atoms with E-state index >= 15 is 0 Å². The molecule has 0 radical (unpaired) electrons. The Kier molecular flexibility index (Phi) is 3.57. The van der Waals surface area contributed by atoms with Crippen molar-refractivity contribution in [3.8, 4) is 0 Å². The van der Waals surface area contributed by atoms with Crippen LogP contribution >= 0.6 is 0 Å². The Bertz CT molecular complexity index is 654. The van der Waals surface area contributed by atoms with E-state index < -0.39 is 5.97 Å². The lowest BCUT2D eigenvalue weighted by atomic mass is 9.65. The smallest absolute Gasteiger partial charge is 0.313 e. The molecular weight excluding hydrogens is 262 g/mol. The molecule has 0 N–H and O–H groups in total. The van der Waals surface area contributed by atoms with Crippen molar-refractivity contribution in [1.29, 1.82) is 0 Å². The fourth-order valence-corrected chi connectivity index (χ4v) is 2.69. The fraction of sp³-hybridized carbons (Fsp3) is 0.222. The van der Waals surface area contributed by atoms with Crippen LogP contribution in [-0.4, -0.2) is 11.7 Å². The van der Waals surface area contributed by atoms with Gasteiger partial charge in [-0.2, -0.15) is 0 Å². The Labute approximate surface area is 124 Å². The van der Waals surface area contributed by atoms with Gasteiger partial charge < -0.3 is 4.84 Å². The molecule has 0 spiro atoms. The zero-order valence-corrected chi connectivity index (χ0v) is 12.0. The van der Waals surface area contributed by atoms with Gasteiger partial charge in [0.05, 0.1) is 11.3 Å². The van der Waals surface area contributed by atoms with Crippen molar-refractivity contribution in [3.63, 3.8) is 0 Å². The minimum absolute atomic E-state index is 0.110. The number of carbonyl (C=O) groups is 1. The summed E-state index contributed by atoms with van der Waals surface area (Å²) in [7, 11) is 0. The lowest BCUT2D eigenvalue weighted by Crippen LogP contribution is -2.39. The molecule has 3 rings (SSSR count). The van der Waals surface area contributed by atoms with Crippen LogP contribution in [0.5, 0.6) is 0 Å². The van der Waals surface area contributed by atoms with Crippen molar-refractivity contribution in [2.75, 3.05) is 0 Å². The molecule has 106 valence electrons. The minimum Gasteiger partial charge on any atom is -0.313 e. The van der Waals surface area contributed by atoms with Gasteiger partial charge in [0.2, 0.25) is 0 Å². The van der Waals surface area contributed by atoms with Gasteiger partial charge in [0.25, 0.3) is 0 Å². The standard InChI is InChI=1S/C18H17NO2/c1-18(15-10-6-3-7-11-15)12-16(13-18)19-21-17(20)14-8-4-2-5-9-14/h2-11H,12-13H2,1H3. The van der Waals surface area contributed by atoms with E-state index in [-0.39, 0.29) is 5.41 Å². The highest BCUT2D eigenvalue weighted by Crippen LogP contribution is 2.41. The van der Waals surface area contributed by atoms with Gasteiger partial charge in [0.15, 0.2) is 0 Å². The zero-order valence-electron chi connectivity index (χ0n) is 12.0. The second-order valence-electron chi connectivity index (χ2n) is 5.68. The highest BCUT2D eigenvalue weighted by atomic mass is 16.7. The van der Waals surface area contributed by atoms with E-state index in [1.807, 2.05) is 24.3 Å². The number of rotatable bonds is 3. The highest BCUT2D eigenvalue weighted by molar-refractivity contribution is 5.94. The predicted octanol–water partition coefficient (Wildman–Crippen LogP) is 3.95. The van der Waals surface area contributed by atoms with Crippen LogP contribution in [0.25, 0.3) is 0 Å². The molecule has 0 unspecified atom stereocenters. The van der Waals surface area contributed by atoms with E-state index in [2.05, 4.69) is 24.2 Å². The van der Waals surface area contributed by atoms with E-state index in [0.29, 0.717) is 5.56 Å². The molecule has 0 heterocycles. The zero-order chi connectivity index (χ0) is 14.7. The van der Waals surface area contributed by atoms with Crippen LogP contribution in [0, 0.1) is 0 Å². The highest BCUT2D eigenvalue weighted by Gasteiger charge is 2.39. The molecule has 0 amide bonds. The molecule has 3 nitrogen and oxygen atoms in total. The fourth-order valence-electron chi connectivity index (χ4n) is 2.69. The molecule has 0 atom stereocenters. The third kappa shape index (κ3) is 2.87. The van der Waals surface area contributed by atoms with Crippen molar-refractivity contribution in [1.82, 2.24) is 0 Å². The number of hydrogen-bond donors (Lipinski definition) is 0. The third-order valence-electron chi connectivity index (χ3n) is 3.93. The van der Waals surface area contributed by atoms with Crippen molar-refractivity contribution in [2.24, 2.45) is 5.16 Å². The Morgan fingerprint density at radius 2 is 1.57 bits per heavy atom. The van der Waals surface area contributed by atoms with Gasteiger partial charge in [-0.1, -0.05) is 60.6 Å². The first-order valence-electron chi connectivity index (χ1n) is 7.05. The van der Waals surface area contributed by atoms with Crippen LogP contribution in [0.4, 0.5) is 0 Å². The monoisotopic (exact) mass is 279 g/mol. The molecule has 1 aliphatic carbocycles. The Morgan fingerprint density at radius 1 is 1.00 bits per heavy atom. The summed E-state index contributed by atoms with van der Waals surface area (Å²) < 4.78 is 0. The summed E-state index contributed by atoms with van der Waals surface area (Å²) in [5.74, 6) is -0.406. The number of hydrogen-bond acceptors (Lipinski definition) is 3. The second kappa shape index (κ2) is 5.52. The Morgan fingerprint density at radius 3 is 2.19 bits per heavy atom. The van der Waals surface area contributed by atoms with E-state index in [9.17, 15) is 4.79 Å². The molecule has 2 aromatic rings. The molecule has 0 bridgehead atoms. The van der Waals surface area contributed by atoms with Crippen LogP contribution in [0.3, 0.4) is 0 Å². The minimum atomic E-state index is -0.406. The van der Waals surface area contributed by atoms with Crippen molar-refractivity contribution < 1.29 is 9.63 Å². The van der Waals surface area contributed by atoms with Gasteiger partial charge in [0, 0.05) is 5.41 Å². The molecule has 1 fully saturated rings. The normalized spacial score (nSPS) is 20.5. The summed E-state index contributed by atoms with van der Waals surface area (Å²) in [6, 6.07) is 19.3. The molecular formula is C18H17NO2. The van der Waals surface area contributed by atoms with Crippen LogP contribution in [-0.2, 0) is 10.3 Å². The van der Waals surface area contributed by atoms with Crippen LogP contribution in [0.2, 0.25) is 0 Å². The number of benzene rings is 2. The molecule has 3 heteroatoms. The maximum atomic E-state index is 11.8. The molecule has 2 aromatic carbocycles. The van der Waals surface area contributed by atoms with Gasteiger partial charge in [0.1, 0.15) is 0 Å². The molecule has 0 saturated heterocycles. The predicted molar refractivity (Wildman–Crippen MR) is 82.3 cm³/mol. The Balaban J connectivity index is 1.60. The third-order valence-corrected chi connectivity index (χ3v) is 3.93. The summed E-state index contributed by atoms with van der Waals surface area (Å²) in [5.41, 5.74) is 2.87. The molecule has 0 aromatic heterocycles. The average Bonchev–Trinajstić information content (AvgIpc) is 2.52. The van der Waals surface area contributed by atoms with E-state index in [1.165, 1.54) is 5.56 Å². The first-order valence-corrected chi connectivity index (χ1v) is 7.05. The molecule has 21 heavy (non-hydrogen) atoms. The van der Waals surface area contributed by atoms with Gasteiger partial charge >= 0.3 is 5.97 Å². The first-order chi connectivity index (χ1) is 10.2. The van der Waals surface area contributed by atoms with Gasteiger partial charge in [-0.25, -0.2) is 4.79 Å². The summed E-state index contributed by atoms with van der Waals surface area (Å²) in [6.07, 6.45) is 1.66. The summed E-state index contributed by atoms with van der Waals surface area (Å²) in [5, 5.41) is 3.99. The topological polar surface area (TPSA) is 38.7 Å². The molecule has 1 aliphatic rings. The largest absolute Gasteiger partial charge is 0.365 e. The number of nitrogens with zero attached hydrogens (tertiary/aromatic N) is 1. The Hall–Kier alpha value is -2.42. The van der Waals surface area contributed by atoms with E-state index in [4.69, 9.17) is 4.84 Å². The second-order valence-corrected chi connectivity index (χ2v) is 5.68. The van der Waals surface area contributed by atoms with E-state index in [0.717, 1.165) is 18.6 Å². The SMILES string of the molecule is CC1(c2ccccc2)CC(=NOC(=O)c2ccccc2)C1. The molecule has 1 saturated carbocycles. The quantitative estimate of drug-likeness (QED) is 0.630. The maximum absolute atomic E-state index is 11.8. The lowest BCUT2D eigenvalue weighted by Gasteiger charge is -2.39. The number of oxime groups is 1. The van der Waals surface area contributed by atoms with E-state index in [1.54, 1.807) is 24.3 Å². The summed E-state index contributed by atoms with van der Waals surface area (Å²) in [4.78, 5) is 16.8. The van der Waals surface area contributed by atoms with Crippen molar-refractivity contribution >= 4 is 11.7 Å².